The molecule has 1 fully saturated rings. The second kappa shape index (κ2) is 9.54. The number of benzene rings is 1. The van der Waals surface area contributed by atoms with Gasteiger partial charge in [-0.1, -0.05) is 6.42 Å². The van der Waals surface area contributed by atoms with Crippen LogP contribution in [0, 0.1) is 0 Å². The van der Waals surface area contributed by atoms with Gasteiger partial charge in [0.25, 0.3) is 17.7 Å². The standard InChI is InChI=1S/C20H22N4O5/c25-17(13-24-11-3-1-2-6-18(24)26)22-23-19(27)14-7-9-15(10-8-14)21-20(28)16-5-4-12-29-16/h4-5,7-10,12H,1-3,6,11,13H2,(H,21,28)(H,22,25)(H,23,27). The Labute approximate surface area is 167 Å². The van der Waals surface area contributed by atoms with Crippen LogP contribution in [0.2, 0.25) is 0 Å². The topological polar surface area (TPSA) is 121 Å². The minimum Gasteiger partial charge on any atom is -0.459 e. The molecule has 1 aromatic heterocycles. The lowest BCUT2D eigenvalue weighted by molar-refractivity contribution is -0.135. The maximum Gasteiger partial charge on any atom is 0.291 e. The first-order valence-corrected chi connectivity index (χ1v) is 9.35. The smallest absolute Gasteiger partial charge is 0.291 e. The van der Waals surface area contributed by atoms with Crippen molar-refractivity contribution in [1.82, 2.24) is 15.8 Å². The molecule has 9 heteroatoms. The van der Waals surface area contributed by atoms with Crippen molar-refractivity contribution in [2.24, 2.45) is 0 Å². The van der Waals surface area contributed by atoms with Crippen LogP contribution in [-0.2, 0) is 9.59 Å². The SMILES string of the molecule is O=C(CN1CCCCCC1=O)NNC(=O)c1ccc(NC(=O)c2ccco2)cc1. The number of amides is 4. The van der Waals surface area contributed by atoms with Gasteiger partial charge in [0, 0.05) is 24.2 Å². The summed E-state index contributed by atoms with van der Waals surface area (Å²) in [5.41, 5.74) is 5.43. The third kappa shape index (κ3) is 5.68. The van der Waals surface area contributed by atoms with Crippen LogP contribution in [0.1, 0.15) is 46.6 Å². The molecule has 1 aromatic carbocycles. The maximum absolute atomic E-state index is 12.2. The molecule has 29 heavy (non-hydrogen) atoms. The third-order valence-electron chi connectivity index (χ3n) is 4.47. The van der Waals surface area contributed by atoms with E-state index in [9.17, 15) is 19.2 Å². The summed E-state index contributed by atoms with van der Waals surface area (Å²) < 4.78 is 5.01. The monoisotopic (exact) mass is 398 g/mol. The molecule has 0 unspecified atom stereocenters. The molecular weight excluding hydrogens is 376 g/mol. The Morgan fingerprint density at radius 1 is 0.966 bits per heavy atom. The average Bonchev–Trinajstić information content (AvgIpc) is 3.19. The highest BCUT2D eigenvalue weighted by molar-refractivity contribution is 6.02. The number of hydrogen-bond acceptors (Lipinski definition) is 5. The van der Waals surface area contributed by atoms with Gasteiger partial charge in [-0.05, 0) is 49.2 Å². The second-order valence-electron chi connectivity index (χ2n) is 6.64. The first kappa shape index (κ1) is 20.1. The van der Waals surface area contributed by atoms with Crippen molar-refractivity contribution in [1.29, 1.82) is 0 Å². The number of likely N-dealkylation sites (tertiary alicyclic amines) is 1. The van der Waals surface area contributed by atoms with Gasteiger partial charge >= 0.3 is 0 Å². The molecule has 0 spiro atoms. The molecule has 9 nitrogen and oxygen atoms in total. The fourth-order valence-electron chi connectivity index (χ4n) is 2.92. The van der Waals surface area contributed by atoms with Gasteiger partial charge in [-0.15, -0.1) is 0 Å². The summed E-state index contributed by atoms with van der Waals surface area (Å²) in [7, 11) is 0. The van der Waals surface area contributed by atoms with E-state index in [0.717, 1.165) is 19.3 Å². The Balaban J connectivity index is 1.47. The number of carbonyl (C=O) groups is 4. The number of furan rings is 1. The molecule has 1 saturated heterocycles. The summed E-state index contributed by atoms with van der Waals surface area (Å²) in [6.07, 6.45) is 4.53. The fourth-order valence-corrected chi connectivity index (χ4v) is 2.92. The van der Waals surface area contributed by atoms with E-state index in [1.165, 1.54) is 23.3 Å². The highest BCUT2D eigenvalue weighted by Gasteiger charge is 2.19. The van der Waals surface area contributed by atoms with E-state index in [4.69, 9.17) is 4.42 Å². The van der Waals surface area contributed by atoms with E-state index >= 15 is 0 Å². The molecule has 152 valence electrons. The second-order valence-corrected chi connectivity index (χ2v) is 6.64. The Hall–Kier alpha value is -3.62. The van der Waals surface area contributed by atoms with Crippen LogP contribution >= 0.6 is 0 Å². The number of nitrogens with one attached hydrogen (secondary N) is 3. The van der Waals surface area contributed by atoms with E-state index in [1.807, 2.05) is 0 Å². The molecule has 2 aromatic rings. The molecule has 3 rings (SSSR count). The molecule has 4 amide bonds. The lowest BCUT2D eigenvalue weighted by atomic mass is 10.2. The molecule has 3 N–H and O–H groups in total. The Morgan fingerprint density at radius 3 is 2.48 bits per heavy atom. The van der Waals surface area contributed by atoms with Gasteiger partial charge in [0.2, 0.25) is 5.91 Å². The maximum atomic E-state index is 12.2. The zero-order chi connectivity index (χ0) is 20.6. The van der Waals surface area contributed by atoms with E-state index in [-0.39, 0.29) is 18.2 Å². The summed E-state index contributed by atoms with van der Waals surface area (Å²) in [4.78, 5) is 49.5. The van der Waals surface area contributed by atoms with Gasteiger partial charge in [-0.2, -0.15) is 0 Å². The number of hydrazine groups is 1. The largest absolute Gasteiger partial charge is 0.459 e. The van der Waals surface area contributed by atoms with E-state index in [1.54, 1.807) is 24.3 Å². The van der Waals surface area contributed by atoms with Crippen molar-refractivity contribution < 1.29 is 23.6 Å². The molecular formula is C20H22N4O5. The third-order valence-corrected chi connectivity index (χ3v) is 4.47. The van der Waals surface area contributed by atoms with Gasteiger partial charge < -0.3 is 14.6 Å². The fraction of sp³-hybridized carbons (Fsp3) is 0.300. The molecule has 0 saturated carbocycles. The van der Waals surface area contributed by atoms with Crippen LogP contribution in [0.25, 0.3) is 0 Å². The normalized spacial score (nSPS) is 14.1. The highest BCUT2D eigenvalue weighted by Crippen LogP contribution is 2.12. The number of hydrogen-bond donors (Lipinski definition) is 3. The van der Waals surface area contributed by atoms with Crippen molar-refractivity contribution in [3.63, 3.8) is 0 Å². The number of carbonyl (C=O) groups excluding carboxylic acids is 4. The van der Waals surface area contributed by atoms with Gasteiger partial charge in [-0.3, -0.25) is 30.0 Å². The van der Waals surface area contributed by atoms with Gasteiger partial charge in [0.05, 0.1) is 6.26 Å². The highest BCUT2D eigenvalue weighted by atomic mass is 16.3. The minimum absolute atomic E-state index is 0.0452. The zero-order valence-corrected chi connectivity index (χ0v) is 15.8. The summed E-state index contributed by atoms with van der Waals surface area (Å²) in [5.74, 6) is -1.24. The molecule has 1 aliphatic heterocycles. The quantitative estimate of drug-likeness (QED) is 0.662. The lowest BCUT2D eigenvalue weighted by Crippen LogP contribution is -2.47. The molecule has 1 aliphatic rings. The van der Waals surface area contributed by atoms with Crippen molar-refractivity contribution >= 4 is 29.3 Å². The minimum atomic E-state index is -0.510. The molecule has 0 bridgehead atoms. The van der Waals surface area contributed by atoms with Gasteiger partial charge in [-0.25, -0.2) is 0 Å². The van der Waals surface area contributed by atoms with E-state index in [2.05, 4.69) is 16.2 Å². The van der Waals surface area contributed by atoms with Crippen molar-refractivity contribution in [2.75, 3.05) is 18.4 Å². The molecule has 0 atom stereocenters. The number of nitrogens with zero attached hydrogens (tertiary/aromatic N) is 1. The molecule has 0 radical (unpaired) electrons. The molecule has 2 heterocycles. The van der Waals surface area contributed by atoms with Gasteiger partial charge in [0.15, 0.2) is 5.76 Å². The summed E-state index contributed by atoms with van der Waals surface area (Å²) >= 11 is 0. The van der Waals surface area contributed by atoms with Crippen LogP contribution in [0.5, 0.6) is 0 Å². The predicted octanol–water partition coefficient (Wildman–Crippen LogP) is 1.70. The van der Waals surface area contributed by atoms with Crippen molar-refractivity contribution in [3.8, 4) is 0 Å². The van der Waals surface area contributed by atoms with Crippen LogP contribution in [0.4, 0.5) is 5.69 Å². The number of rotatable bonds is 5. The van der Waals surface area contributed by atoms with Crippen molar-refractivity contribution in [3.05, 3.63) is 54.0 Å². The Morgan fingerprint density at radius 2 is 1.76 bits per heavy atom. The van der Waals surface area contributed by atoms with Crippen LogP contribution in [-0.4, -0.2) is 41.6 Å². The number of anilines is 1. The zero-order valence-electron chi connectivity index (χ0n) is 15.8. The summed E-state index contributed by atoms with van der Waals surface area (Å²) in [6, 6.07) is 9.30. The van der Waals surface area contributed by atoms with Crippen LogP contribution in [0.15, 0.2) is 47.1 Å². The van der Waals surface area contributed by atoms with Crippen LogP contribution < -0.4 is 16.2 Å². The Bertz CT molecular complexity index is 877. The summed E-state index contributed by atoms with van der Waals surface area (Å²) in [5, 5.41) is 2.64. The van der Waals surface area contributed by atoms with Gasteiger partial charge in [0.1, 0.15) is 6.54 Å². The van der Waals surface area contributed by atoms with Crippen molar-refractivity contribution in [2.45, 2.75) is 25.7 Å². The lowest BCUT2D eigenvalue weighted by Gasteiger charge is -2.19. The van der Waals surface area contributed by atoms with Crippen LogP contribution in [0.3, 0.4) is 0 Å². The average molecular weight is 398 g/mol. The van der Waals surface area contributed by atoms with E-state index in [0.29, 0.717) is 24.2 Å². The first-order valence-electron chi connectivity index (χ1n) is 9.35. The van der Waals surface area contributed by atoms with E-state index < -0.39 is 17.7 Å². The Kier molecular flexibility index (Phi) is 6.62. The first-order chi connectivity index (χ1) is 14.0. The predicted molar refractivity (Wildman–Crippen MR) is 104 cm³/mol. The molecule has 0 aliphatic carbocycles. The summed E-state index contributed by atoms with van der Waals surface area (Å²) in [6.45, 7) is 0.461.